The predicted molar refractivity (Wildman–Crippen MR) is 75.1 cm³/mol. The molecule has 1 heterocycles. The third-order valence-electron chi connectivity index (χ3n) is 3.26. The molecular weight excluding hydrogens is 295 g/mol. The lowest BCUT2D eigenvalue weighted by Gasteiger charge is -2.19. The third kappa shape index (κ3) is 3.47. The molecule has 2 aromatic rings. The fraction of sp³-hybridized carbons (Fsp3) is 0.333. The van der Waals surface area contributed by atoms with Gasteiger partial charge in [0.1, 0.15) is 5.69 Å². The van der Waals surface area contributed by atoms with Crippen molar-refractivity contribution in [2.45, 2.75) is 26.2 Å². The van der Waals surface area contributed by atoms with Crippen LogP contribution in [-0.2, 0) is 19.3 Å². The molecule has 0 radical (unpaired) electrons. The molecule has 0 bridgehead atoms. The summed E-state index contributed by atoms with van der Waals surface area (Å²) in [6, 6.07) is 6.79. The van der Waals surface area contributed by atoms with Gasteiger partial charge in [-0.05, 0) is 24.6 Å². The lowest BCUT2D eigenvalue weighted by Crippen LogP contribution is -2.28. The van der Waals surface area contributed by atoms with Gasteiger partial charge in [0.2, 0.25) is 0 Å². The molecule has 0 aliphatic carbocycles. The summed E-state index contributed by atoms with van der Waals surface area (Å²) in [6.45, 7) is 2.37. The van der Waals surface area contributed by atoms with E-state index in [0.717, 1.165) is 6.07 Å². The first-order valence-electron chi connectivity index (χ1n) is 6.77. The fourth-order valence-electron chi connectivity index (χ4n) is 2.11. The summed E-state index contributed by atoms with van der Waals surface area (Å²) in [4.78, 5) is 13.4. The highest BCUT2D eigenvalue weighted by atomic mass is 19.4. The van der Waals surface area contributed by atoms with Crippen LogP contribution in [-0.4, -0.2) is 27.6 Å². The van der Waals surface area contributed by atoms with Crippen molar-refractivity contribution in [1.82, 2.24) is 14.7 Å². The first-order chi connectivity index (χ1) is 10.3. The van der Waals surface area contributed by atoms with Crippen LogP contribution in [0.25, 0.3) is 0 Å². The van der Waals surface area contributed by atoms with Gasteiger partial charge in [0, 0.05) is 26.3 Å². The van der Waals surface area contributed by atoms with Crippen LogP contribution in [0.15, 0.2) is 36.5 Å². The van der Waals surface area contributed by atoms with E-state index in [0.29, 0.717) is 6.54 Å². The molecule has 4 nitrogen and oxygen atoms in total. The summed E-state index contributed by atoms with van der Waals surface area (Å²) in [5.74, 6) is -0.413. The SMILES string of the molecule is CCn1ccc(C(=O)N(C)Cc2ccccc2C(F)(F)F)n1. The van der Waals surface area contributed by atoms with Crippen LogP contribution in [0.3, 0.4) is 0 Å². The molecule has 0 N–H and O–H groups in total. The van der Waals surface area contributed by atoms with E-state index in [9.17, 15) is 18.0 Å². The molecule has 0 aliphatic rings. The Balaban J connectivity index is 2.18. The number of nitrogens with zero attached hydrogens (tertiary/aromatic N) is 3. The van der Waals surface area contributed by atoms with Crippen molar-refractivity contribution < 1.29 is 18.0 Å². The van der Waals surface area contributed by atoms with Crippen molar-refractivity contribution in [1.29, 1.82) is 0 Å². The van der Waals surface area contributed by atoms with Crippen molar-refractivity contribution in [3.63, 3.8) is 0 Å². The second-order valence-electron chi connectivity index (χ2n) is 4.87. The monoisotopic (exact) mass is 311 g/mol. The Morgan fingerprint density at radius 3 is 2.55 bits per heavy atom. The predicted octanol–water partition coefficient (Wildman–Crippen LogP) is 3.19. The van der Waals surface area contributed by atoms with Gasteiger partial charge in [-0.15, -0.1) is 0 Å². The van der Waals surface area contributed by atoms with E-state index in [-0.39, 0.29) is 17.8 Å². The molecule has 0 unspecified atom stereocenters. The summed E-state index contributed by atoms with van der Waals surface area (Å²) in [5.41, 5.74) is -0.455. The molecule has 1 amide bonds. The molecule has 0 spiro atoms. The minimum absolute atomic E-state index is 0.0563. The molecular formula is C15H16F3N3O. The summed E-state index contributed by atoms with van der Waals surface area (Å²) in [7, 11) is 1.46. The van der Waals surface area contributed by atoms with Crippen molar-refractivity contribution in [3.05, 3.63) is 53.3 Å². The Morgan fingerprint density at radius 2 is 1.95 bits per heavy atom. The Morgan fingerprint density at radius 1 is 1.27 bits per heavy atom. The van der Waals surface area contributed by atoms with E-state index in [1.807, 2.05) is 6.92 Å². The number of hydrogen-bond donors (Lipinski definition) is 0. The maximum atomic E-state index is 13.0. The highest BCUT2D eigenvalue weighted by Gasteiger charge is 2.33. The topological polar surface area (TPSA) is 38.1 Å². The van der Waals surface area contributed by atoms with E-state index in [4.69, 9.17) is 0 Å². The molecule has 118 valence electrons. The summed E-state index contributed by atoms with van der Waals surface area (Å²) in [6.07, 6.45) is -2.78. The smallest absolute Gasteiger partial charge is 0.336 e. The normalized spacial score (nSPS) is 11.5. The standard InChI is InChI=1S/C15H16F3N3O/c1-3-21-9-8-13(19-21)14(22)20(2)10-11-6-4-5-7-12(11)15(16,17)18/h4-9H,3,10H2,1-2H3. The van der Waals surface area contributed by atoms with Gasteiger partial charge in [-0.1, -0.05) is 18.2 Å². The molecule has 0 saturated carbocycles. The largest absolute Gasteiger partial charge is 0.416 e. The minimum atomic E-state index is -4.44. The zero-order valence-corrected chi connectivity index (χ0v) is 12.3. The zero-order valence-electron chi connectivity index (χ0n) is 12.3. The van der Waals surface area contributed by atoms with Crippen molar-refractivity contribution in [2.75, 3.05) is 7.05 Å². The van der Waals surface area contributed by atoms with E-state index in [1.54, 1.807) is 16.9 Å². The van der Waals surface area contributed by atoms with Crippen LogP contribution in [0.4, 0.5) is 13.2 Å². The number of aromatic nitrogens is 2. The number of alkyl halides is 3. The Hall–Kier alpha value is -2.31. The second kappa shape index (κ2) is 6.21. The highest BCUT2D eigenvalue weighted by molar-refractivity contribution is 5.92. The van der Waals surface area contributed by atoms with Crippen LogP contribution in [0.2, 0.25) is 0 Å². The first-order valence-corrected chi connectivity index (χ1v) is 6.77. The minimum Gasteiger partial charge on any atom is -0.336 e. The van der Waals surface area contributed by atoms with Gasteiger partial charge < -0.3 is 4.90 Å². The van der Waals surface area contributed by atoms with Gasteiger partial charge in [0.15, 0.2) is 0 Å². The maximum absolute atomic E-state index is 13.0. The molecule has 2 rings (SSSR count). The van der Waals surface area contributed by atoms with Crippen LogP contribution in [0, 0.1) is 0 Å². The summed E-state index contributed by atoms with van der Waals surface area (Å²) in [5, 5.41) is 4.07. The number of aryl methyl sites for hydroxylation is 1. The zero-order chi connectivity index (χ0) is 16.3. The number of rotatable bonds is 4. The van der Waals surface area contributed by atoms with Gasteiger partial charge in [0.25, 0.3) is 5.91 Å². The second-order valence-corrected chi connectivity index (χ2v) is 4.87. The Kier molecular flexibility index (Phi) is 4.54. The molecule has 0 fully saturated rings. The summed E-state index contributed by atoms with van der Waals surface area (Å²) >= 11 is 0. The van der Waals surface area contributed by atoms with Gasteiger partial charge >= 0.3 is 6.18 Å². The van der Waals surface area contributed by atoms with Gasteiger partial charge in [-0.2, -0.15) is 18.3 Å². The number of benzene rings is 1. The molecule has 7 heteroatoms. The van der Waals surface area contributed by atoms with E-state index in [1.165, 1.54) is 30.1 Å². The van der Waals surface area contributed by atoms with Crippen LogP contribution in [0.5, 0.6) is 0 Å². The number of carbonyl (C=O) groups excluding carboxylic acids is 1. The quantitative estimate of drug-likeness (QED) is 0.869. The van der Waals surface area contributed by atoms with Crippen molar-refractivity contribution >= 4 is 5.91 Å². The van der Waals surface area contributed by atoms with E-state index < -0.39 is 17.6 Å². The Bertz CT molecular complexity index is 664. The molecule has 0 aliphatic heterocycles. The first kappa shape index (κ1) is 16.1. The molecule has 1 aromatic carbocycles. The van der Waals surface area contributed by atoms with Crippen LogP contribution < -0.4 is 0 Å². The average molecular weight is 311 g/mol. The number of amides is 1. The molecule has 1 aromatic heterocycles. The number of carbonyl (C=O) groups is 1. The summed E-state index contributed by atoms with van der Waals surface area (Å²) < 4.78 is 40.4. The Labute approximate surface area is 126 Å². The number of halogens is 3. The molecule has 22 heavy (non-hydrogen) atoms. The molecule has 0 saturated heterocycles. The van der Waals surface area contributed by atoms with Crippen LogP contribution in [0.1, 0.15) is 28.5 Å². The maximum Gasteiger partial charge on any atom is 0.416 e. The molecule has 0 atom stereocenters. The van der Waals surface area contributed by atoms with Gasteiger partial charge in [0.05, 0.1) is 5.56 Å². The highest BCUT2D eigenvalue weighted by Crippen LogP contribution is 2.32. The van der Waals surface area contributed by atoms with Crippen molar-refractivity contribution in [3.8, 4) is 0 Å². The van der Waals surface area contributed by atoms with E-state index in [2.05, 4.69) is 5.10 Å². The van der Waals surface area contributed by atoms with Gasteiger partial charge in [-0.3, -0.25) is 9.48 Å². The van der Waals surface area contributed by atoms with Crippen LogP contribution >= 0.6 is 0 Å². The lowest BCUT2D eigenvalue weighted by molar-refractivity contribution is -0.138. The average Bonchev–Trinajstić information content (AvgIpc) is 2.94. The van der Waals surface area contributed by atoms with E-state index >= 15 is 0 Å². The lowest BCUT2D eigenvalue weighted by atomic mass is 10.1. The fourth-order valence-corrected chi connectivity index (χ4v) is 2.11. The van der Waals surface area contributed by atoms with Gasteiger partial charge in [-0.25, -0.2) is 0 Å². The van der Waals surface area contributed by atoms with Crippen molar-refractivity contribution in [2.24, 2.45) is 0 Å². The number of hydrogen-bond acceptors (Lipinski definition) is 2. The third-order valence-corrected chi connectivity index (χ3v) is 3.26.